The lowest BCUT2D eigenvalue weighted by Gasteiger charge is -2.23. The summed E-state index contributed by atoms with van der Waals surface area (Å²) in [5.41, 5.74) is 1.68. The van der Waals surface area contributed by atoms with Crippen LogP contribution >= 0.6 is 15.9 Å². The fourth-order valence-electron chi connectivity index (χ4n) is 2.97. The summed E-state index contributed by atoms with van der Waals surface area (Å²) >= 11 is 3.47. The van der Waals surface area contributed by atoms with Crippen molar-refractivity contribution in [3.63, 3.8) is 0 Å². The third kappa shape index (κ3) is 2.59. The first-order chi connectivity index (χ1) is 12.6. The minimum absolute atomic E-state index is 0.434. The lowest BCUT2D eigenvalue weighted by atomic mass is 9.95. The van der Waals surface area contributed by atoms with Crippen molar-refractivity contribution in [2.24, 2.45) is 5.10 Å². The Morgan fingerprint density at radius 1 is 0.962 bits per heavy atom. The van der Waals surface area contributed by atoms with Crippen molar-refractivity contribution in [3.8, 4) is 5.75 Å². The second-order valence-electron chi connectivity index (χ2n) is 5.76. The van der Waals surface area contributed by atoms with Gasteiger partial charge in [-0.3, -0.25) is 9.59 Å². The van der Waals surface area contributed by atoms with Crippen molar-refractivity contribution in [3.05, 3.63) is 75.8 Å². The fraction of sp³-hybridized carbons (Fsp3) is 0.0500. The zero-order chi connectivity index (χ0) is 18.3. The van der Waals surface area contributed by atoms with Gasteiger partial charge in [0.15, 0.2) is 0 Å². The minimum Gasteiger partial charge on any atom is -0.497 e. The van der Waals surface area contributed by atoms with Crippen LogP contribution in [0.25, 0.3) is 10.8 Å². The predicted octanol–water partition coefficient (Wildman–Crippen LogP) is 4.24. The maximum atomic E-state index is 12.8. The van der Waals surface area contributed by atoms with Crippen molar-refractivity contribution >= 4 is 44.7 Å². The molecule has 3 aromatic rings. The smallest absolute Gasteiger partial charge is 0.282 e. The zero-order valence-corrected chi connectivity index (χ0v) is 15.4. The normalized spacial score (nSPS) is 13.7. The highest BCUT2D eigenvalue weighted by atomic mass is 79.9. The molecule has 5 nitrogen and oxygen atoms in total. The van der Waals surface area contributed by atoms with E-state index in [1.165, 1.54) is 6.21 Å². The van der Waals surface area contributed by atoms with Crippen LogP contribution in [-0.2, 0) is 0 Å². The summed E-state index contributed by atoms with van der Waals surface area (Å²) in [5.74, 6) is -0.148. The van der Waals surface area contributed by atoms with Gasteiger partial charge >= 0.3 is 0 Å². The second kappa shape index (κ2) is 6.38. The SMILES string of the molecule is COc1ccc(/C=N/N2C(=O)c3cccc4c(Br)ccc(c34)C2=O)cc1. The molecule has 0 atom stereocenters. The molecule has 0 N–H and O–H groups in total. The van der Waals surface area contributed by atoms with E-state index in [-0.39, 0.29) is 0 Å². The number of carbonyl (C=O) groups excluding carboxylic acids is 2. The number of ether oxygens (including phenoxy) is 1. The molecule has 0 unspecified atom stereocenters. The van der Waals surface area contributed by atoms with Crippen molar-refractivity contribution < 1.29 is 14.3 Å². The molecule has 26 heavy (non-hydrogen) atoms. The van der Waals surface area contributed by atoms with Gasteiger partial charge in [-0.05, 0) is 53.4 Å². The summed E-state index contributed by atoms with van der Waals surface area (Å²) in [4.78, 5) is 25.6. The van der Waals surface area contributed by atoms with Crippen LogP contribution in [0.3, 0.4) is 0 Å². The Bertz CT molecular complexity index is 1050. The molecule has 0 aliphatic carbocycles. The maximum absolute atomic E-state index is 12.8. The van der Waals surface area contributed by atoms with E-state index in [9.17, 15) is 9.59 Å². The third-order valence-corrected chi connectivity index (χ3v) is 4.96. The van der Waals surface area contributed by atoms with Crippen LogP contribution in [0.15, 0.2) is 64.2 Å². The Kier molecular flexibility index (Phi) is 4.05. The molecule has 0 aromatic heterocycles. The van der Waals surface area contributed by atoms with Gasteiger partial charge in [-0.1, -0.05) is 28.1 Å². The van der Waals surface area contributed by atoms with E-state index in [0.717, 1.165) is 26.2 Å². The first-order valence-electron chi connectivity index (χ1n) is 7.88. The Balaban J connectivity index is 1.75. The molecular formula is C20H13BrN2O3. The quantitative estimate of drug-likeness (QED) is 0.480. The monoisotopic (exact) mass is 408 g/mol. The lowest BCUT2D eigenvalue weighted by molar-refractivity contribution is 0.0616. The van der Waals surface area contributed by atoms with Crippen molar-refractivity contribution in [2.75, 3.05) is 7.11 Å². The highest BCUT2D eigenvalue weighted by Crippen LogP contribution is 2.34. The van der Waals surface area contributed by atoms with Crippen molar-refractivity contribution in [1.29, 1.82) is 0 Å². The van der Waals surface area contributed by atoms with Gasteiger partial charge in [0.1, 0.15) is 5.75 Å². The highest BCUT2D eigenvalue weighted by Gasteiger charge is 2.33. The largest absolute Gasteiger partial charge is 0.497 e. The van der Waals surface area contributed by atoms with E-state index in [4.69, 9.17) is 4.74 Å². The van der Waals surface area contributed by atoms with Crippen LogP contribution in [0.2, 0.25) is 0 Å². The van der Waals surface area contributed by atoms with Crippen LogP contribution in [0, 0.1) is 0 Å². The molecule has 1 heterocycles. The molecule has 0 bridgehead atoms. The number of hydrazone groups is 1. The lowest BCUT2D eigenvalue weighted by Crippen LogP contribution is -2.36. The number of hydrogen-bond acceptors (Lipinski definition) is 4. The highest BCUT2D eigenvalue weighted by molar-refractivity contribution is 9.10. The van der Waals surface area contributed by atoms with Crippen LogP contribution in [0.4, 0.5) is 0 Å². The van der Waals surface area contributed by atoms with Gasteiger partial charge in [0.25, 0.3) is 11.8 Å². The molecule has 3 aromatic carbocycles. The zero-order valence-electron chi connectivity index (χ0n) is 13.8. The molecule has 0 radical (unpaired) electrons. The first kappa shape index (κ1) is 16.5. The number of amides is 2. The summed E-state index contributed by atoms with van der Waals surface area (Å²) in [7, 11) is 1.59. The molecule has 1 aliphatic rings. The number of benzene rings is 3. The van der Waals surface area contributed by atoms with Crippen molar-refractivity contribution in [1.82, 2.24) is 5.01 Å². The number of rotatable bonds is 3. The average Bonchev–Trinajstić information content (AvgIpc) is 2.67. The molecule has 0 saturated carbocycles. The molecule has 0 spiro atoms. The molecule has 6 heteroatoms. The predicted molar refractivity (Wildman–Crippen MR) is 103 cm³/mol. The number of carbonyl (C=O) groups is 2. The Morgan fingerprint density at radius 2 is 1.65 bits per heavy atom. The topological polar surface area (TPSA) is 59.0 Å². The summed E-state index contributed by atoms with van der Waals surface area (Å²) in [6, 6.07) is 16.1. The summed E-state index contributed by atoms with van der Waals surface area (Å²) < 4.78 is 5.95. The summed E-state index contributed by atoms with van der Waals surface area (Å²) in [6.07, 6.45) is 1.49. The van der Waals surface area contributed by atoms with E-state index < -0.39 is 11.8 Å². The van der Waals surface area contributed by atoms with E-state index in [2.05, 4.69) is 21.0 Å². The Morgan fingerprint density at radius 3 is 2.35 bits per heavy atom. The van der Waals surface area contributed by atoms with Gasteiger partial charge in [0, 0.05) is 9.86 Å². The third-order valence-electron chi connectivity index (χ3n) is 4.27. The van der Waals surface area contributed by atoms with Gasteiger partial charge < -0.3 is 4.74 Å². The van der Waals surface area contributed by atoms with E-state index in [0.29, 0.717) is 16.5 Å². The average molecular weight is 409 g/mol. The number of hydrogen-bond donors (Lipinski definition) is 0. The number of imide groups is 1. The minimum atomic E-state index is -0.434. The van der Waals surface area contributed by atoms with Gasteiger partial charge in [0.2, 0.25) is 0 Å². The van der Waals surface area contributed by atoms with E-state index >= 15 is 0 Å². The maximum Gasteiger partial charge on any atom is 0.282 e. The van der Waals surface area contributed by atoms with Gasteiger partial charge in [-0.2, -0.15) is 10.1 Å². The van der Waals surface area contributed by atoms with E-state index in [1.807, 2.05) is 6.07 Å². The summed E-state index contributed by atoms with van der Waals surface area (Å²) in [5, 5.41) is 6.54. The second-order valence-corrected chi connectivity index (χ2v) is 6.62. The number of nitrogens with zero attached hydrogens (tertiary/aromatic N) is 2. The number of halogens is 1. The Labute approximate surface area is 158 Å². The standard InChI is InChI=1S/C20H13BrN2O3/c1-26-13-7-5-12(6-8-13)11-22-23-19(24)15-4-2-3-14-17(21)10-9-16(18(14)15)20(23)25/h2-11H,1H3/b22-11+. The van der Waals surface area contributed by atoms with Crippen LogP contribution in [-0.4, -0.2) is 30.1 Å². The van der Waals surface area contributed by atoms with Gasteiger partial charge in [0.05, 0.1) is 24.5 Å². The molecule has 0 fully saturated rings. The van der Waals surface area contributed by atoms with Crippen LogP contribution < -0.4 is 4.74 Å². The van der Waals surface area contributed by atoms with Gasteiger partial charge in [-0.25, -0.2) is 0 Å². The first-order valence-corrected chi connectivity index (χ1v) is 8.67. The molecule has 4 rings (SSSR count). The molecule has 2 amide bonds. The van der Waals surface area contributed by atoms with E-state index in [1.54, 1.807) is 55.6 Å². The van der Waals surface area contributed by atoms with Crippen molar-refractivity contribution in [2.45, 2.75) is 0 Å². The van der Waals surface area contributed by atoms with Gasteiger partial charge in [-0.15, -0.1) is 0 Å². The summed E-state index contributed by atoms with van der Waals surface area (Å²) in [6.45, 7) is 0. The Hall–Kier alpha value is -2.99. The fourth-order valence-corrected chi connectivity index (χ4v) is 3.43. The van der Waals surface area contributed by atoms with Crippen LogP contribution in [0.1, 0.15) is 26.3 Å². The molecule has 128 valence electrons. The van der Waals surface area contributed by atoms with Crippen LogP contribution in [0.5, 0.6) is 5.75 Å². The molecule has 1 aliphatic heterocycles. The number of methoxy groups -OCH3 is 1. The molecular weight excluding hydrogens is 396 g/mol. The molecule has 0 saturated heterocycles.